The van der Waals surface area contributed by atoms with E-state index in [0.29, 0.717) is 29.7 Å². The van der Waals surface area contributed by atoms with E-state index in [0.717, 1.165) is 24.6 Å². The largest absolute Gasteiger partial charge is 0.393 e. The first-order valence-electron chi connectivity index (χ1n) is 6.70. The van der Waals surface area contributed by atoms with E-state index in [9.17, 15) is 0 Å². The number of morpholine rings is 1. The minimum Gasteiger partial charge on any atom is -0.393 e. The SMILES string of the molecule is Nc1c(Nc2ccc(Cl)cc2)ncnc1N1CCOCC1. The molecular weight excluding hydrogens is 290 g/mol. The average molecular weight is 306 g/mol. The van der Waals surface area contributed by atoms with Gasteiger partial charge in [0.15, 0.2) is 11.6 Å². The Morgan fingerprint density at radius 1 is 1.14 bits per heavy atom. The highest BCUT2D eigenvalue weighted by molar-refractivity contribution is 6.30. The highest BCUT2D eigenvalue weighted by atomic mass is 35.5. The van der Waals surface area contributed by atoms with Gasteiger partial charge >= 0.3 is 0 Å². The van der Waals surface area contributed by atoms with E-state index in [4.69, 9.17) is 22.1 Å². The molecule has 2 aromatic rings. The van der Waals surface area contributed by atoms with Crippen molar-refractivity contribution >= 4 is 34.6 Å². The van der Waals surface area contributed by atoms with Crippen molar-refractivity contribution in [3.8, 4) is 0 Å². The van der Waals surface area contributed by atoms with Crippen molar-refractivity contribution in [1.29, 1.82) is 0 Å². The molecule has 1 aromatic carbocycles. The van der Waals surface area contributed by atoms with Crippen LogP contribution in [0.25, 0.3) is 0 Å². The Hall–Kier alpha value is -2.05. The molecule has 1 fully saturated rings. The summed E-state index contributed by atoms with van der Waals surface area (Å²) < 4.78 is 5.34. The lowest BCUT2D eigenvalue weighted by Crippen LogP contribution is -2.37. The van der Waals surface area contributed by atoms with Gasteiger partial charge in [-0.2, -0.15) is 0 Å². The van der Waals surface area contributed by atoms with E-state index < -0.39 is 0 Å². The fraction of sp³-hybridized carbons (Fsp3) is 0.286. The summed E-state index contributed by atoms with van der Waals surface area (Å²) in [5.41, 5.74) is 7.61. The molecule has 0 amide bonds. The summed E-state index contributed by atoms with van der Waals surface area (Å²) in [6.45, 7) is 2.93. The van der Waals surface area contributed by atoms with Gasteiger partial charge in [-0.05, 0) is 24.3 Å². The van der Waals surface area contributed by atoms with Crippen molar-refractivity contribution in [3.05, 3.63) is 35.6 Å². The Kier molecular flexibility index (Phi) is 4.08. The number of nitrogen functional groups attached to an aromatic ring is 1. The number of nitrogens with zero attached hydrogens (tertiary/aromatic N) is 3. The van der Waals surface area contributed by atoms with E-state index in [2.05, 4.69) is 20.2 Å². The molecule has 3 rings (SSSR count). The first-order chi connectivity index (χ1) is 10.2. The number of halogens is 1. The third kappa shape index (κ3) is 3.17. The summed E-state index contributed by atoms with van der Waals surface area (Å²) in [5, 5.41) is 3.87. The first kappa shape index (κ1) is 13.9. The molecule has 1 aliphatic heterocycles. The van der Waals surface area contributed by atoms with Crippen LogP contribution in [0.3, 0.4) is 0 Å². The van der Waals surface area contributed by atoms with Gasteiger partial charge in [-0.25, -0.2) is 9.97 Å². The molecule has 0 spiro atoms. The van der Waals surface area contributed by atoms with Crippen molar-refractivity contribution < 1.29 is 4.74 Å². The predicted molar refractivity (Wildman–Crippen MR) is 84.2 cm³/mol. The topological polar surface area (TPSA) is 76.3 Å². The molecule has 7 heteroatoms. The molecule has 0 atom stereocenters. The van der Waals surface area contributed by atoms with Crippen molar-refractivity contribution in [1.82, 2.24) is 9.97 Å². The van der Waals surface area contributed by atoms with Crippen molar-refractivity contribution in [2.75, 3.05) is 42.3 Å². The minimum absolute atomic E-state index is 0.536. The molecule has 2 heterocycles. The number of anilines is 4. The van der Waals surface area contributed by atoms with Crippen LogP contribution in [0.5, 0.6) is 0 Å². The molecule has 110 valence electrons. The number of benzene rings is 1. The Labute approximate surface area is 127 Å². The molecular formula is C14H16ClN5O. The average Bonchev–Trinajstić information content (AvgIpc) is 2.52. The smallest absolute Gasteiger partial charge is 0.159 e. The molecule has 1 aromatic heterocycles. The van der Waals surface area contributed by atoms with E-state index in [1.54, 1.807) is 0 Å². The van der Waals surface area contributed by atoms with Crippen LogP contribution >= 0.6 is 11.6 Å². The molecule has 0 radical (unpaired) electrons. The number of aromatic nitrogens is 2. The van der Waals surface area contributed by atoms with E-state index in [1.807, 2.05) is 24.3 Å². The number of nitrogens with two attached hydrogens (primary N) is 1. The lowest BCUT2D eigenvalue weighted by molar-refractivity contribution is 0.122. The fourth-order valence-electron chi connectivity index (χ4n) is 2.18. The monoisotopic (exact) mass is 305 g/mol. The van der Waals surface area contributed by atoms with E-state index in [1.165, 1.54) is 6.33 Å². The van der Waals surface area contributed by atoms with Crippen LogP contribution in [-0.2, 0) is 4.74 Å². The Balaban J connectivity index is 1.84. The minimum atomic E-state index is 0.536. The second kappa shape index (κ2) is 6.15. The quantitative estimate of drug-likeness (QED) is 0.906. The summed E-state index contributed by atoms with van der Waals surface area (Å²) in [7, 11) is 0. The first-order valence-corrected chi connectivity index (χ1v) is 7.07. The fourth-order valence-corrected chi connectivity index (χ4v) is 2.31. The zero-order chi connectivity index (χ0) is 14.7. The van der Waals surface area contributed by atoms with Crippen LogP contribution in [0.4, 0.5) is 23.0 Å². The van der Waals surface area contributed by atoms with Gasteiger partial charge in [0.1, 0.15) is 12.0 Å². The third-order valence-electron chi connectivity index (χ3n) is 3.28. The van der Waals surface area contributed by atoms with Crippen molar-refractivity contribution in [2.24, 2.45) is 0 Å². The Morgan fingerprint density at radius 3 is 2.57 bits per heavy atom. The second-order valence-corrected chi connectivity index (χ2v) is 5.13. The van der Waals surface area contributed by atoms with Crippen LogP contribution in [0, 0.1) is 0 Å². The zero-order valence-corrected chi connectivity index (χ0v) is 12.2. The molecule has 6 nitrogen and oxygen atoms in total. The molecule has 0 unspecified atom stereocenters. The van der Waals surface area contributed by atoms with Gasteiger partial charge < -0.3 is 20.7 Å². The van der Waals surface area contributed by atoms with Gasteiger partial charge in [-0.3, -0.25) is 0 Å². The maximum absolute atomic E-state index is 6.20. The number of hydrogen-bond acceptors (Lipinski definition) is 6. The molecule has 1 saturated heterocycles. The van der Waals surface area contributed by atoms with Crippen LogP contribution in [0.2, 0.25) is 5.02 Å². The van der Waals surface area contributed by atoms with Gasteiger partial charge in [0.05, 0.1) is 13.2 Å². The second-order valence-electron chi connectivity index (χ2n) is 4.69. The van der Waals surface area contributed by atoms with Gasteiger partial charge in [-0.1, -0.05) is 11.6 Å². The number of nitrogens with one attached hydrogen (secondary N) is 1. The summed E-state index contributed by atoms with van der Waals surface area (Å²) in [5.74, 6) is 1.33. The standard InChI is InChI=1S/C14H16ClN5O/c15-10-1-3-11(4-2-10)19-13-12(16)14(18-9-17-13)20-5-7-21-8-6-20/h1-4,9H,5-8,16H2,(H,17,18,19). The molecule has 0 bridgehead atoms. The molecule has 1 aliphatic rings. The summed E-state index contributed by atoms with van der Waals surface area (Å²) in [4.78, 5) is 10.6. The van der Waals surface area contributed by atoms with Crippen LogP contribution < -0.4 is 16.0 Å². The Bertz CT molecular complexity index is 613. The third-order valence-corrected chi connectivity index (χ3v) is 3.53. The van der Waals surface area contributed by atoms with Gasteiger partial charge in [0, 0.05) is 23.8 Å². The highest BCUT2D eigenvalue weighted by Crippen LogP contribution is 2.29. The molecule has 0 aliphatic carbocycles. The number of rotatable bonds is 3. The predicted octanol–water partition coefficient (Wildman–Crippen LogP) is 2.29. The maximum Gasteiger partial charge on any atom is 0.159 e. The molecule has 3 N–H and O–H groups in total. The van der Waals surface area contributed by atoms with Gasteiger partial charge in [0.25, 0.3) is 0 Å². The lowest BCUT2D eigenvalue weighted by Gasteiger charge is -2.28. The Morgan fingerprint density at radius 2 is 1.86 bits per heavy atom. The summed E-state index contributed by atoms with van der Waals surface area (Å²) in [6.07, 6.45) is 1.51. The van der Waals surface area contributed by atoms with Crippen molar-refractivity contribution in [3.63, 3.8) is 0 Å². The number of hydrogen-bond donors (Lipinski definition) is 2. The highest BCUT2D eigenvalue weighted by Gasteiger charge is 2.17. The van der Waals surface area contributed by atoms with Gasteiger partial charge in [-0.15, -0.1) is 0 Å². The van der Waals surface area contributed by atoms with E-state index >= 15 is 0 Å². The normalized spacial score (nSPS) is 15.0. The molecule has 21 heavy (non-hydrogen) atoms. The van der Waals surface area contributed by atoms with Crippen LogP contribution in [0.15, 0.2) is 30.6 Å². The van der Waals surface area contributed by atoms with Crippen LogP contribution in [0.1, 0.15) is 0 Å². The summed E-state index contributed by atoms with van der Waals surface area (Å²) >= 11 is 5.88. The zero-order valence-electron chi connectivity index (χ0n) is 11.4. The lowest BCUT2D eigenvalue weighted by atomic mass is 10.3. The van der Waals surface area contributed by atoms with E-state index in [-0.39, 0.29) is 0 Å². The molecule has 0 saturated carbocycles. The van der Waals surface area contributed by atoms with Crippen LogP contribution in [-0.4, -0.2) is 36.3 Å². The van der Waals surface area contributed by atoms with Gasteiger partial charge in [0.2, 0.25) is 0 Å². The van der Waals surface area contributed by atoms with Crippen molar-refractivity contribution in [2.45, 2.75) is 0 Å². The maximum atomic E-state index is 6.20. The summed E-state index contributed by atoms with van der Waals surface area (Å²) in [6, 6.07) is 7.37. The number of ether oxygens (including phenoxy) is 1.